The minimum Gasteiger partial charge on any atom is -0.398 e. The molecule has 8 heteroatoms. The van der Waals surface area contributed by atoms with Crippen LogP contribution in [-0.2, 0) is 14.8 Å². The van der Waals surface area contributed by atoms with Gasteiger partial charge in [0.1, 0.15) is 4.90 Å². The highest BCUT2D eigenvalue weighted by Gasteiger charge is 2.23. The topological polar surface area (TPSA) is 116 Å². The largest absolute Gasteiger partial charge is 0.398 e. The molecule has 0 aromatic heterocycles. The number of nitrogens with zero attached hydrogens (tertiary/aromatic N) is 2. The Hall–Kier alpha value is -2.11. The van der Waals surface area contributed by atoms with Gasteiger partial charge in [-0.3, -0.25) is 4.79 Å². The molecule has 0 unspecified atom stereocenters. The van der Waals surface area contributed by atoms with Gasteiger partial charge < -0.3 is 11.1 Å². The maximum absolute atomic E-state index is 12.3. The number of benzene rings is 1. The molecule has 0 fully saturated rings. The summed E-state index contributed by atoms with van der Waals surface area (Å²) < 4.78 is 25.6. The number of hydrogen-bond acceptors (Lipinski definition) is 5. The molecule has 3 N–H and O–H groups in total. The molecular weight excluding hydrogens is 280 g/mol. The number of nitrogens with one attached hydrogen (secondary N) is 1. The molecule has 20 heavy (non-hydrogen) atoms. The lowest BCUT2D eigenvalue weighted by Gasteiger charge is -2.18. The number of nitrogen functional groups attached to an aromatic ring is 1. The fourth-order valence-corrected chi connectivity index (χ4v) is 2.79. The van der Waals surface area contributed by atoms with Crippen molar-refractivity contribution in [1.82, 2.24) is 9.62 Å². The molecule has 0 aliphatic rings. The summed E-state index contributed by atoms with van der Waals surface area (Å²) in [6, 6.07) is 5.86. The van der Waals surface area contributed by atoms with Gasteiger partial charge in [0.05, 0.1) is 17.3 Å². The van der Waals surface area contributed by atoms with Crippen LogP contribution >= 0.6 is 0 Å². The summed E-state index contributed by atoms with van der Waals surface area (Å²) in [6.07, 6.45) is 0.0580. The van der Waals surface area contributed by atoms with Crippen molar-refractivity contribution in [3.05, 3.63) is 23.8 Å². The molecule has 0 saturated carbocycles. The van der Waals surface area contributed by atoms with Gasteiger partial charge in [-0.2, -0.15) is 5.26 Å². The fourth-order valence-electron chi connectivity index (χ4n) is 1.52. The van der Waals surface area contributed by atoms with E-state index in [0.29, 0.717) is 0 Å². The lowest BCUT2D eigenvalue weighted by atomic mass is 10.2. The van der Waals surface area contributed by atoms with Crippen molar-refractivity contribution in [2.45, 2.75) is 11.3 Å². The number of nitrogens with two attached hydrogens (primary N) is 1. The number of nitriles is 1. The molecule has 1 amide bonds. The first-order valence-electron chi connectivity index (χ1n) is 5.79. The summed E-state index contributed by atoms with van der Waals surface area (Å²) in [4.78, 5) is 11.1. The van der Waals surface area contributed by atoms with Crippen molar-refractivity contribution >= 4 is 21.6 Å². The van der Waals surface area contributed by atoms with Crippen LogP contribution in [0.4, 0.5) is 5.69 Å². The molecule has 0 spiro atoms. The van der Waals surface area contributed by atoms with E-state index < -0.39 is 10.0 Å². The molecule has 108 valence electrons. The summed E-state index contributed by atoms with van der Waals surface area (Å²) in [5, 5.41) is 11.1. The van der Waals surface area contributed by atoms with Crippen molar-refractivity contribution in [3.63, 3.8) is 0 Å². The van der Waals surface area contributed by atoms with E-state index in [1.54, 1.807) is 0 Å². The number of carbonyl (C=O) groups is 1. The van der Waals surface area contributed by atoms with Gasteiger partial charge in [0.2, 0.25) is 15.9 Å². The lowest BCUT2D eigenvalue weighted by Crippen LogP contribution is -2.31. The second-order valence-electron chi connectivity index (χ2n) is 4.11. The van der Waals surface area contributed by atoms with Crippen molar-refractivity contribution in [2.24, 2.45) is 0 Å². The average Bonchev–Trinajstić information content (AvgIpc) is 2.43. The Morgan fingerprint density at radius 2 is 2.15 bits per heavy atom. The summed E-state index contributed by atoms with van der Waals surface area (Å²) in [6.45, 7) is 0.0431. The van der Waals surface area contributed by atoms with Crippen molar-refractivity contribution < 1.29 is 13.2 Å². The monoisotopic (exact) mass is 296 g/mol. The number of sulfonamides is 1. The maximum atomic E-state index is 12.3. The first kappa shape index (κ1) is 15.9. The summed E-state index contributed by atoms with van der Waals surface area (Å²) >= 11 is 0. The van der Waals surface area contributed by atoms with Crippen LogP contribution < -0.4 is 11.1 Å². The zero-order valence-electron chi connectivity index (χ0n) is 11.3. The predicted octanol–water partition coefficient (Wildman–Crippen LogP) is -0.103. The van der Waals surface area contributed by atoms with Crippen LogP contribution in [0.25, 0.3) is 0 Å². The van der Waals surface area contributed by atoms with Gasteiger partial charge in [0.25, 0.3) is 0 Å². The molecule has 1 rings (SSSR count). The Balaban J connectivity index is 2.99. The number of carbonyl (C=O) groups excluding carboxylic acids is 1. The van der Waals surface area contributed by atoms with Crippen LogP contribution in [0.1, 0.15) is 12.0 Å². The molecule has 1 aromatic rings. The molecule has 0 heterocycles. The van der Waals surface area contributed by atoms with E-state index in [2.05, 4.69) is 5.32 Å². The van der Waals surface area contributed by atoms with E-state index in [0.717, 1.165) is 4.31 Å². The van der Waals surface area contributed by atoms with Crippen LogP contribution in [0.2, 0.25) is 0 Å². The van der Waals surface area contributed by atoms with Crippen LogP contribution in [0, 0.1) is 11.3 Å². The van der Waals surface area contributed by atoms with Gasteiger partial charge in [0.15, 0.2) is 0 Å². The van der Waals surface area contributed by atoms with E-state index in [1.807, 2.05) is 6.07 Å². The molecule has 0 saturated heterocycles. The van der Waals surface area contributed by atoms with Crippen molar-refractivity contribution in [2.75, 3.05) is 26.4 Å². The smallest absolute Gasteiger partial charge is 0.244 e. The van der Waals surface area contributed by atoms with Gasteiger partial charge in [-0.1, -0.05) is 0 Å². The second kappa shape index (κ2) is 6.36. The Kier molecular flexibility index (Phi) is 5.07. The Morgan fingerprint density at radius 3 is 2.65 bits per heavy atom. The number of rotatable bonds is 5. The molecule has 0 atom stereocenters. The normalized spacial score (nSPS) is 11.1. The summed E-state index contributed by atoms with van der Waals surface area (Å²) in [7, 11) is -0.927. The SMILES string of the molecule is CNC(=O)CCN(C)S(=O)(=O)c1ccc(C#N)cc1N. The molecule has 7 nitrogen and oxygen atoms in total. The molecule has 0 aliphatic carbocycles. The number of amides is 1. The zero-order valence-corrected chi connectivity index (χ0v) is 12.1. The maximum Gasteiger partial charge on any atom is 0.244 e. The number of anilines is 1. The van der Waals surface area contributed by atoms with E-state index in [4.69, 9.17) is 11.0 Å². The summed E-state index contributed by atoms with van der Waals surface area (Å²) in [5.41, 5.74) is 5.96. The molecule has 1 aromatic carbocycles. The third kappa shape index (κ3) is 3.46. The molecule has 0 bridgehead atoms. The van der Waals surface area contributed by atoms with Crippen LogP contribution in [0.5, 0.6) is 0 Å². The molecular formula is C12H16N4O3S. The quantitative estimate of drug-likeness (QED) is 0.736. The second-order valence-corrected chi connectivity index (χ2v) is 6.13. The first-order valence-corrected chi connectivity index (χ1v) is 7.23. The highest BCUT2D eigenvalue weighted by atomic mass is 32.2. The van der Waals surface area contributed by atoms with Crippen molar-refractivity contribution in [1.29, 1.82) is 5.26 Å². The first-order chi connectivity index (χ1) is 9.32. The number of hydrogen-bond donors (Lipinski definition) is 2. The van der Waals surface area contributed by atoms with Gasteiger partial charge >= 0.3 is 0 Å². The van der Waals surface area contributed by atoms with Gasteiger partial charge in [-0.05, 0) is 18.2 Å². The minimum absolute atomic E-state index is 0.0100. The Bertz CT molecular complexity index is 649. The molecule has 0 radical (unpaired) electrons. The van der Waals surface area contributed by atoms with E-state index in [1.165, 1.54) is 32.3 Å². The Morgan fingerprint density at radius 1 is 1.50 bits per heavy atom. The van der Waals surface area contributed by atoms with E-state index in [9.17, 15) is 13.2 Å². The average molecular weight is 296 g/mol. The zero-order chi connectivity index (χ0) is 15.3. The highest BCUT2D eigenvalue weighted by molar-refractivity contribution is 7.89. The summed E-state index contributed by atoms with van der Waals surface area (Å²) in [5.74, 6) is -0.250. The van der Waals surface area contributed by atoms with Crippen LogP contribution in [0.15, 0.2) is 23.1 Å². The van der Waals surface area contributed by atoms with E-state index >= 15 is 0 Å². The minimum atomic E-state index is -3.78. The van der Waals surface area contributed by atoms with Crippen LogP contribution in [0.3, 0.4) is 0 Å². The fraction of sp³-hybridized carbons (Fsp3) is 0.333. The van der Waals surface area contributed by atoms with Crippen LogP contribution in [-0.4, -0.2) is 39.3 Å². The predicted molar refractivity (Wildman–Crippen MR) is 74.1 cm³/mol. The van der Waals surface area contributed by atoms with Gasteiger partial charge in [-0.15, -0.1) is 0 Å². The van der Waals surface area contributed by atoms with Gasteiger partial charge in [-0.25, -0.2) is 12.7 Å². The van der Waals surface area contributed by atoms with E-state index in [-0.39, 0.29) is 35.0 Å². The Labute approximate surface area is 118 Å². The van der Waals surface area contributed by atoms with Crippen molar-refractivity contribution in [3.8, 4) is 6.07 Å². The highest BCUT2D eigenvalue weighted by Crippen LogP contribution is 2.22. The standard InChI is InChI=1S/C12H16N4O3S/c1-15-12(17)5-6-16(2)20(18,19)11-4-3-9(8-13)7-10(11)14/h3-4,7H,5-6,14H2,1-2H3,(H,15,17). The molecule has 0 aliphatic heterocycles. The third-order valence-electron chi connectivity index (χ3n) is 2.76. The lowest BCUT2D eigenvalue weighted by molar-refractivity contribution is -0.120. The van der Waals surface area contributed by atoms with Gasteiger partial charge in [0, 0.05) is 27.1 Å². The third-order valence-corrected chi connectivity index (χ3v) is 4.69.